The van der Waals surface area contributed by atoms with Crippen LogP contribution >= 0.6 is 15.9 Å². The first kappa shape index (κ1) is 14.2. The number of hydrogen-bond acceptors (Lipinski definition) is 2. The number of hydrogen-bond donors (Lipinski definition) is 3. The molecule has 1 aromatic carbocycles. The molecular formula is C12H13BrN2O3. The molecule has 0 atom stereocenters. The Morgan fingerprint density at radius 2 is 2.11 bits per heavy atom. The standard InChI is InChI=1S/C12H13BrN2O3/c1-7-5-9(3-4-10(7)11(16)17)15-12(18)14-6-8(2)13/h3-5H,2,6H2,1H3,(H,16,17)(H2,14,15,18). The van der Waals surface area contributed by atoms with Crippen LogP contribution in [0.25, 0.3) is 0 Å². The second-order valence-corrected chi connectivity index (χ2v) is 4.78. The number of aromatic carboxylic acids is 1. The Morgan fingerprint density at radius 1 is 1.44 bits per heavy atom. The molecule has 0 saturated heterocycles. The van der Waals surface area contributed by atoms with Gasteiger partial charge in [0.2, 0.25) is 0 Å². The first-order valence-electron chi connectivity index (χ1n) is 5.12. The zero-order valence-electron chi connectivity index (χ0n) is 9.79. The lowest BCUT2D eigenvalue weighted by molar-refractivity contribution is 0.0696. The van der Waals surface area contributed by atoms with Crippen molar-refractivity contribution < 1.29 is 14.7 Å². The zero-order chi connectivity index (χ0) is 13.7. The van der Waals surface area contributed by atoms with Gasteiger partial charge in [0.05, 0.1) is 12.1 Å². The van der Waals surface area contributed by atoms with Gasteiger partial charge in [-0.15, -0.1) is 0 Å². The van der Waals surface area contributed by atoms with Crippen LogP contribution < -0.4 is 10.6 Å². The molecule has 0 unspecified atom stereocenters. The molecule has 0 heterocycles. The number of nitrogens with one attached hydrogen (secondary N) is 2. The summed E-state index contributed by atoms with van der Waals surface area (Å²) in [5.41, 5.74) is 1.34. The van der Waals surface area contributed by atoms with Crippen LogP contribution in [0.1, 0.15) is 15.9 Å². The van der Waals surface area contributed by atoms with Gasteiger partial charge in [0.15, 0.2) is 0 Å². The van der Waals surface area contributed by atoms with Crippen LogP contribution in [0.3, 0.4) is 0 Å². The first-order valence-corrected chi connectivity index (χ1v) is 5.91. The molecule has 5 nitrogen and oxygen atoms in total. The molecule has 0 radical (unpaired) electrons. The molecule has 0 fully saturated rings. The van der Waals surface area contributed by atoms with E-state index in [0.29, 0.717) is 22.3 Å². The molecule has 1 aromatic rings. The Balaban J connectivity index is 2.69. The molecule has 1 rings (SSSR count). The van der Waals surface area contributed by atoms with E-state index in [2.05, 4.69) is 33.1 Å². The SMILES string of the molecule is C=C(Br)CNC(=O)Nc1ccc(C(=O)O)c(C)c1. The van der Waals surface area contributed by atoms with Crippen molar-refractivity contribution in [2.75, 3.05) is 11.9 Å². The molecule has 0 aromatic heterocycles. The summed E-state index contributed by atoms with van der Waals surface area (Å²) in [7, 11) is 0. The maximum Gasteiger partial charge on any atom is 0.335 e. The van der Waals surface area contributed by atoms with Gasteiger partial charge >= 0.3 is 12.0 Å². The van der Waals surface area contributed by atoms with Gasteiger partial charge in [-0.05, 0) is 30.7 Å². The van der Waals surface area contributed by atoms with Gasteiger partial charge in [0, 0.05) is 10.2 Å². The average Bonchev–Trinajstić information content (AvgIpc) is 2.26. The molecule has 0 saturated carbocycles. The summed E-state index contributed by atoms with van der Waals surface area (Å²) in [5.74, 6) is -0.987. The third kappa shape index (κ3) is 4.21. The molecule has 3 N–H and O–H groups in total. The van der Waals surface area contributed by atoms with Crippen LogP contribution in [0.15, 0.2) is 29.3 Å². The lowest BCUT2D eigenvalue weighted by Crippen LogP contribution is -2.29. The molecule has 6 heteroatoms. The summed E-state index contributed by atoms with van der Waals surface area (Å²) >= 11 is 3.12. The van der Waals surface area contributed by atoms with Crippen molar-refractivity contribution in [3.05, 3.63) is 40.4 Å². The second kappa shape index (κ2) is 6.20. The van der Waals surface area contributed by atoms with E-state index in [0.717, 1.165) is 0 Å². The molecule has 2 amide bonds. The van der Waals surface area contributed by atoms with E-state index in [1.807, 2.05) is 0 Å². The fourth-order valence-corrected chi connectivity index (χ4v) is 1.47. The third-order valence-corrected chi connectivity index (χ3v) is 2.44. The predicted octanol–water partition coefficient (Wildman–Crippen LogP) is 2.72. The van der Waals surface area contributed by atoms with Crippen molar-refractivity contribution >= 4 is 33.6 Å². The minimum Gasteiger partial charge on any atom is -0.478 e. The van der Waals surface area contributed by atoms with Gasteiger partial charge in [-0.1, -0.05) is 22.5 Å². The van der Waals surface area contributed by atoms with Crippen LogP contribution in [0.2, 0.25) is 0 Å². The summed E-state index contributed by atoms with van der Waals surface area (Å²) < 4.78 is 0.662. The largest absolute Gasteiger partial charge is 0.478 e. The number of carbonyl (C=O) groups is 2. The highest BCUT2D eigenvalue weighted by molar-refractivity contribution is 9.11. The van der Waals surface area contributed by atoms with E-state index in [1.54, 1.807) is 19.1 Å². The van der Waals surface area contributed by atoms with E-state index in [4.69, 9.17) is 5.11 Å². The monoisotopic (exact) mass is 312 g/mol. The van der Waals surface area contributed by atoms with Crippen molar-refractivity contribution in [1.82, 2.24) is 5.32 Å². The maximum atomic E-state index is 11.4. The van der Waals surface area contributed by atoms with E-state index in [9.17, 15) is 9.59 Å². The van der Waals surface area contributed by atoms with Crippen LogP contribution in [-0.4, -0.2) is 23.7 Å². The van der Waals surface area contributed by atoms with E-state index in [1.165, 1.54) is 6.07 Å². The van der Waals surface area contributed by atoms with Crippen LogP contribution in [0.4, 0.5) is 10.5 Å². The van der Waals surface area contributed by atoms with Crippen molar-refractivity contribution in [2.45, 2.75) is 6.92 Å². The lowest BCUT2D eigenvalue weighted by atomic mass is 10.1. The summed E-state index contributed by atoms with van der Waals surface area (Å²) in [6.07, 6.45) is 0. The van der Waals surface area contributed by atoms with Gasteiger partial charge in [-0.25, -0.2) is 9.59 Å². The number of anilines is 1. The number of benzene rings is 1. The smallest absolute Gasteiger partial charge is 0.335 e. The molecule has 0 spiro atoms. The highest BCUT2D eigenvalue weighted by Gasteiger charge is 2.08. The van der Waals surface area contributed by atoms with Gasteiger partial charge in [-0.3, -0.25) is 0 Å². The zero-order valence-corrected chi connectivity index (χ0v) is 11.4. The predicted molar refractivity (Wildman–Crippen MR) is 73.2 cm³/mol. The Labute approximate surface area is 113 Å². The minimum atomic E-state index is -0.987. The third-order valence-electron chi connectivity index (χ3n) is 2.16. The Kier molecular flexibility index (Phi) is 4.91. The fourth-order valence-electron chi connectivity index (χ4n) is 1.33. The second-order valence-electron chi connectivity index (χ2n) is 3.66. The number of carbonyl (C=O) groups excluding carboxylic acids is 1. The highest BCUT2D eigenvalue weighted by atomic mass is 79.9. The van der Waals surface area contributed by atoms with Crippen LogP contribution in [-0.2, 0) is 0 Å². The highest BCUT2D eigenvalue weighted by Crippen LogP contribution is 2.15. The van der Waals surface area contributed by atoms with Gasteiger partial charge < -0.3 is 15.7 Å². The number of amides is 2. The van der Waals surface area contributed by atoms with Crippen molar-refractivity contribution in [2.24, 2.45) is 0 Å². The number of rotatable bonds is 4. The topological polar surface area (TPSA) is 78.4 Å². The first-order chi connectivity index (χ1) is 8.40. The summed E-state index contributed by atoms with van der Waals surface area (Å²) in [5, 5.41) is 14.0. The number of urea groups is 1. The number of carboxylic acids is 1. The molecule has 0 bridgehead atoms. The average molecular weight is 313 g/mol. The quantitative estimate of drug-likeness (QED) is 0.800. The van der Waals surface area contributed by atoms with Gasteiger partial charge in [0.1, 0.15) is 0 Å². The molecule has 0 aliphatic rings. The Morgan fingerprint density at radius 3 is 2.61 bits per heavy atom. The molecule has 96 valence electrons. The number of halogens is 1. The number of aryl methyl sites for hydroxylation is 1. The van der Waals surface area contributed by atoms with Gasteiger partial charge in [0.25, 0.3) is 0 Å². The minimum absolute atomic E-state index is 0.217. The Bertz CT molecular complexity index is 500. The normalized spacial score (nSPS) is 9.67. The van der Waals surface area contributed by atoms with E-state index in [-0.39, 0.29) is 11.6 Å². The van der Waals surface area contributed by atoms with Crippen molar-refractivity contribution in [1.29, 1.82) is 0 Å². The molecule has 18 heavy (non-hydrogen) atoms. The van der Waals surface area contributed by atoms with Gasteiger partial charge in [-0.2, -0.15) is 0 Å². The van der Waals surface area contributed by atoms with E-state index < -0.39 is 5.97 Å². The summed E-state index contributed by atoms with van der Waals surface area (Å²) in [6, 6.07) is 4.22. The van der Waals surface area contributed by atoms with Crippen LogP contribution in [0, 0.1) is 6.92 Å². The molecular weight excluding hydrogens is 300 g/mol. The number of carboxylic acid groups (broad SMARTS) is 1. The maximum absolute atomic E-state index is 11.4. The Hall–Kier alpha value is -1.82. The van der Waals surface area contributed by atoms with E-state index >= 15 is 0 Å². The fraction of sp³-hybridized carbons (Fsp3) is 0.167. The molecule has 0 aliphatic carbocycles. The lowest BCUT2D eigenvalue weighted by Gasteiger charge is -2.08. The molecule has 0 aliphatic heterocycles. The van der Waals surface area contributed by atoms with Crippen LogP contribution in [0.5, 0.6) is 0 Å². The van der Waals surface area contributed by atoms with Crippen molar-refractivity contribution in [3.63, 3.8) is 0 Å². The van der Waals surface area contributed by atoms with Crippen molar-refractivity contribution in [3.8, 4) is 0 Å². The summed E-state index contributed by atoms with van der Waals surface area (Å²) in [4.78, 5) is 22.3. The summed E-state index contributed by atoms with van der Waals surface area (Å²) in [6.45, 7) is 5.58.